The average molecular weight is 698 g/mol. The second kappa shape index (κ2) is 14.7. The zero-order chi connectivity index (χ0) is 34.5. The minimum Gasteiger partial charge on any atom is -0.449 e. The monoisotopic (exact) mass is 697 g/mol. The number of amides is 1. The van der Waals surface area contributed by atoms with E-state index < -0.39 is 36.5 Å². The molecule has 2 N–H and O–H groups in total. The Morgan fingerprint density at radius 1 is 1.06 bits per heavy atom. The largest absolute Gasteiger partial charge is 0.490 e. The molecule has 1 aromatic carbocycles. The van der Waals surface area contributed by atoms with Gasteiger partial charge in [-0.25, -0.2) is 24.7 Å². The normalized spacial score (nSPS) is 15.7. The van der Waals surface area contributed by atoms with E-state index >= 15 is 0 Å². The van der Waals surface area contributed by atoms with Crippen molar-refractivity contribution in [2.45, 2.75) is 51.0 Å². The van der Waals surface area contributed by atoms with Gasteiger partial charge in [0.05, 0.1) is 10.4 Å². The maximum absolute atomic E-state index is 13.6. The van der Waals surface area contributed by atoms with Gasteiger partial charge in [-0.1, -0.05) is 23.8 Å². The van der Waals surface area contributed by atoms with Gasteiger partial charge in [-0.05, 0) is 57.0 Å². The van der Waals surface area contributed by atoms with Gasteiger partial charge in [0.1, 0.15) is 23.4 Å². The van der Waals surface area contributed by atoms with Crippen molar-refractivity contribution < 1.29 is 45.4 Å². The second-order valence-corrected chi connectivity index (χ2v) is 11.9. The van der Waals surface area contributed by atoms with E-state index in [-0.39, 0.29) is 33.8 Å². The number of halogens is 6. The molecule has 0 aliphatic carbocycles. The van der Waals surface area contributed by atoms with Crippen LogP contribution >= 0.6 is 11.3 Å². The number of thiazole rings is 1. The first kappa shape index (κ1) is 34.7. The number of aromatic nitrogens is 4. The third kappa shape index (κ3) is 8.85. The molecule has 1 aliphatic heterocycles. The molecule has 256 valence electrons. The number of benzene rings is 1. The second-order valence-electron chi connectivity index (χ2n) is 10.8. The summed E-state index contributed by atoms with van der Waals surface area (Å²) in [6.07, 6.45) is -4.60. The van der Waals surface area contributed by atoms with Crippen LogP contribution in [-0.2, 0) is 20.5 Å². The highest BCUT2D eigenvalue weighted by Gasteiger charge is 2.41. The maximum Gasteiger partial charge on any atom is 0.490 e. The fourth-order valence-electron chi connectivity index (χ4n) is 5.02. The van der Waals surface area contributed by atoms with E-state index in [1.807, 2.05) is 0 Å². The van der Waals surface area contributed by atoms with E-state index in [0.717, 1.165) is 43.3 Å². The molecular formula is C30H29F6N7O4S. The molecule has 1 unspecified atom stereocenters. The number of rotatable bonds is 11. The van der Waals surface area contributed by atoms with E-state index in [9.17, 15) is 35.9 Å². The summed E-state index contributed by atoms with van der Waals surface area (Å²) in [5.41, 5.74) is -0.253. The summed E-state index contributed by atoms with van der Waals surface area (Å²) < 4.78 is 88.1. The van der Waals surface area contributed by atoms with Crippen molar-refractivity contribution in [1.82, 2.24) is 24.8 Å². The van der Waals surface area contributed by atoms with Crippen LogP contribution in [0.5, 0.6) is 11.6 Å². The van der Waals surface area contributed by atoms with E-state index in [4.69, 9.17) is 4.74 Å². The van der Waals surface area contributed by atoms with Gasteiger partial charge in [0.25, 0.3) is 5.91 Å². The smallest absolute Gasteiger partial charge is 0.449 e. The lowest BCUT2D eigenvalue weighted by atomic mass is 10.0. The lowest BCUT2D eigenvalue weighted by molar-refractivity contribution is -0.199. The Balaban J connectivity index is 1.31. The Hall–Kier alpha value is -4.58. The molecule has 11 nitrogen and oxygen atoms in total. The summed E-state index contributed by atoms with van der Waals surface area (Å²) >= 11 is 0.984. The SMILES string of the molecule is CC1CCCCN1CCCNc1nc(C(F)(F)F)ccc1-c1cc(Oc2cccc3sc(NC(=O)COC(=O)C(F)(F)F)nc23)ncn1. The first-order valence-corrected chi connectivity index (χ1v) is 15.6. The number of fused-ring (bicyclic) bond motifs is 1. The maximum atomic E-state index is 13.6. The quantitative estimate of drug-likeness (QED) is 0.0994. The summed E-state index contributed by atoms with van der Waals surface area (Å²) in [6.45, 7) is 3.17. The zero-order valence-electron chi connectivity index (χ0n) is 25.3. The number of esters is 1. The minimum atomic E-state index is -5.24. The highest BCUT2D eigenvalue weighted by atomic mass is 32.1. The molecule has 18 heteroatoms. The summed E-state index contributed by atoms with van der Waals surface area (Å²) in [5, 5.41) is 5.32. The molecule has 1 atom stereocenters. The van der Waals surface area contributed by atoms with Gasteiger partial charge in [0, 0.05) is 30.8 Å². The van der Waals surface area contributed by atoms with Crippen LogP contribution in [-0.4, -0.2) is 75.2 Å². The number of ether oxygens (including phenoxy) is 2. The number of nitrogens with one attached hydrogen (secondary N) is 2. The first-order valence-electron chi connectivity index (χ1n) is 14.8. The standard InChI is InChI=1S/C30H29F6N7O4S/c1-17-6-2-3-12-43(17)13-5-11-37-26-18(9-10-22(40-26)29(31,32)33)19-14-24(39-16-38-19)47-20-7-4-8-21-25(20)42-28(48-21)41-23(44)15-46-27(45)30(34,35)36/h4,7-10,14,16-17H,2-3,5-6,11-13,15H2,1H3,(H,37,40)(H,41,42,44). The van der Waals surface area contributed by atoms with Crippen molar-refractivity contribution in [2.75, 3.05) is 36.9 Å². The summed E-state index contributed by atoms with van der Waals surface area (Å²) in [4.78, 5) is 41.7. The predicted molar refractivity (Wildman–Crippen MR) is 164 cm³/mol. The molecule has 48 heavy (non-hydrogen) atoms. The van der Waals surface area contributed by atoms with E-state index in [0.29, 0.717) is 29.3 Å². The van der Waals surface area contributed by atoms with Crippen LogP contribution in [0.1, 0.15) is 38.3 Å². The molecule has 0 saturated carbocycles. The fourth-order valence-corrected chi connectivity index (χ4v) is 5.92. The van der Waals surface area contributed by atoms with Gasteiger partial charge in [-0.15, -0.1) is 0 Å². The molecule has 3 aromatic heterocycles. The number of para-hydroxylation sites is 1. The Kier molecular flexibility index (Phi) is 10.6. The molecule has 1 saturated heterocycles. The van der Waals surface area contributed by atoms with Crippen LogP contribution in [0.25, 0.3) is 21.5 Å². The van der Waals surface area contributed by atoms with Crippen LogP contribution in [0.3, 0.4) is 0 Å². The highest BCUT2D eigenvalue weighted by molar-refractivity contribution is 7.22. The Morgan fingerprint density at radius 2 is 1.88 bits per heavy atom. The average Bonchev–Trinajstić information content (AvgIpc) is 3.45. The van der Waals surface area contributed by atoms with E-state index in [1.54, 1.807) is 18.2 Å². The predicted octanol–water partition coefficient (Wildman–Crippen LogP) is 6.68. The molecule has 1 amide bonds. The number of nitrogens with zero attached hydrogens (tertiary/aromatic N) is 5. The molecule has 5 rings (SSSR count). The van der Waals surface area contributed by atoms with Crippen LogP contribution in [0.2, 0.25) is 0 Å². The number of alkyl halides is 6. The van der Waals surface area contributed by atoms with Crippen molar-refractivity contribution in [3.63, 3.8) is 0 Å². The number of hydrogen-bond acceptors (Lipinski definition) is 11. The minimum absolute atomic E-state index is 0.00114. The van der Waals surface area contributed by atoms with Gasteiger partial charge in [-0.3, -0.25) is 10.1 Å². The number of pyridine rings is 1. The topological polar surface area (TPSA) is 131 Å². The summed E-state index contributed by atoms with van der Waals surface area (Å²) in [5.74, 6) is -3.32. The summed E-state index contributed by atoms with van der Waals surface area (Å²) in [7, 11) is 0. The van der Waals surface area contributed by atoms with Crippen molar-refractivity contribution in [1.29, 1.82) is 0 Å². The Labute approximate surface area is 273 Å². The van der Waals surface area contributed by atoms with Crippen molar-refractivity contribution in [3.05, 3.63) is 48.4 Å². The van der Waals surface area contributed by atoms with Crippen LogP contribution in [0.4, 0.5) is 37.3 Å². The molecule has 0 radical (unpaired) electrons. The number of piperidine rings is 1. The molecular weight excluding hydrogens is 668 g/mol. The van der Waals surface area contributed by atoms with E-state index in [1.165, 1.54) is 24.9 Å². The van der Waals surface area contributed by atoms with Gasteiger partial charge < -0.3 is 19.7 Å². The molecule has 0 bridgehead atoms. The van der Waals surface area contributed by atoms with Crippen LogP contribution in [0, 0.1) is 0 Å². The third-order valence-corrected chi connectivity index (χ3v) is 8.30. The third-order valence-electron chi connectivity index (χ3n) is 7.37. The number of carbonyl (C=O) groups is 2. The lowest BCUT2D eigenvalue weighted by Gasteiger charge is -2.33. The number of carbonyl (C=O) groups excluding carboxylic acids is 2. The van der Waals surface area contributed by atoms with Gasteiger partial charge in [0.2, 0.25) is 5.88 Å². The fraction of sp³-hybridized carbons (Fsp3) is 0.400. The molecule has 4 aromatic rings. The van der Waals surface area contributed by atoms with Crippen LogP contribution < -0.4 is 15.4 Å². The highest BCUT2D eigenvalue weighted by Crippen LogP contribution is 2.36. The van der Waals surface area contributed by atoms with Gasteiger partial charge >= 0.3 is 18.3 Å². The van der Waals surface area contributed by atoms with Crippen molar-refractivity contribution in [3.8, 4) is 22.9 Å². The first-order chi connectivity index (χ1) is 22.8. The number of hydrogen-bond donors (Lipinski definition) is 2. The van der Waals surface area contributed by atoms with Gasteiger partial charge in [-0.2, -0.15) is 26.3 Å². The molecule has 1 aliphatic rings. The van der Waals surface area contributed by atoms with Crippen molar-refractivity contribution >= 4 is 44.4 Å². The number of likely N-dealkylation sites (tertiary alicyclic amines) is 1. The molecule has 0 spiro atoms. The molecule has 1 fully saturated rings. The Bertz CT molecular complexity index is 1770. The Morgan fingerprint density at radius 3 is 2.62 bits per heavy atom. The van der Waals surface area contributed by atoms with E-state index in [2.05, 4.69) is 47.1 Å². The zero-order valence-corrected chi connectivity index (χ0v) is 26.1. The summed E-state index contributed by atoms with van der Waals surface area (Å²) in [6, 6.07) is 8.86. The van der Waals surface area contributed by atoms with Crippen molar-refractivity contribution in [2.24, 2.45) is 0 Å². The van der Waals surface area contributed by atoms with Crippen LogP contribution in [0.15, 0.2) is 42.7 Å². The molecule has 4 heterocycles. The lowest BCUT2D eigenvalue weighted by Crippen LogP contribution is -2.38. The van der Waals surface area contributed by atoms with Gasteiger partial charge in [0.15, 0.2) is 17.5 Å². The number of anilines is 2.